The molecule has 3 rings (SSSR count). The third kappa shape index (κ3) is 3.69. The molecule has 1 atom stereocenters. The Morgan fingerprint density at radius 2 is 1.91 bits per heavy atom. The number of amides is 1. The average Bonchev–Trinajstić information content (AvgIpc) is 2.57. The van der Waals surface area contributed by atoms with E-state index in [0.29, 0.717) is 35.3 Å². The van der Waals surface area contributed by atoms with Crippen molar-refractivity contribution in [3.63, 3.8) is 0 Å². The highest BCUT2D eigenvalue weighted by Crippen LogP contribution is 2.26. The lowest BCUT2D eigenvalue weighted by atomic mass is 10.1. The lowest BCUT2D eigenvalue weighted by Crippen LogP contribution is -2.42. The van der Waals surface area contributed by atoms with Gasteiger partial charge in [-0.25, -0.2) is 0 Å². The van der Waals surface area contributed by atoms with Crippen molar-refractivity contribution in [2.24, 2.45) is 0 Å². The van der Waals surface area contributed by atoms with Gasteiger partial charge in [0.2, 0.25) is 0 Å². The number of ether oxygens (including phenoxy) is 1. The summed E-state index contributed by atoms with van der Waals surface area (Å²) >= 11 is 12.1. The Balaban J connectivity index is 1.79. The van der Waals surface area contributed by atoms with Gasteiger partial charge in [0.1, 0.15) is 6.10 Å². The van der Waals surface area contributed by atoms with Crippen molar-refractivity contribution >= 4 is 29.1 Å². The smallest absolute Gasteiger partial charge is 0.255 e. The molecular weight excluding hydrogens is 333 g/mol. The summed E-state index contributed by atoms with van der Waals surface area (Å²) < 4.78 is 5.82. The summed E-state index contributed by atoms with van der Waals surface area (Å²) in [7, 11) is 0. The summed E-state index contributed by atoms with van der Waals surface area (Å²) in [6, 6.07) is 13.1. The molecule has 120 valence electrons. The maximum absolute atomic E-state index is 12.7. The number of morpholine rings is 1. The summed E-state index contributed by atoms with van der Waals surface area (Å²) in [5.74, 6) is -0.113. The standard InChI is InChI=1S/C18H17Cl2NO2/c1-12-2-4-13(5-3-12)17-11-21(8-9-23-17)18(22)15-10-14(19)6-7-16(15)20/h2-7,10,17H,8-9,11H2,1H3. The van der Waals surface area contributed by atoms with Gasteiger partial charge in [-0.05, 0) is 30.7 Å². The van der Waals surface area contributed by atoms with Gasteiger partial charge in [-0.3, -0.25) is 4.79 Å². The molecule has 23 heavy (non-hydrogen) atoms. The molecule has 1 fully saturated rings. The summed E-state index contributed by atoms with van der Waals surface area (Å²) in [5, 5.41) is 0.916. The molecule has 3 nitrogen and oxygen atoms in total. The van der Waals surface area contributed by atoms with Crippen LogP contribution >= 0.6 is 23.2 Å². The van der Waals surface area contributed by atoms with Crippen molar-refractivity contribution in [2.75, 3.05) is 19.7 Å². The summed E-state index contributed by atoms with van der Waals surface area (Å²) in [6.45, 7) is 3.60. The summed E-state index contributed by atoms with van der Waals surface area (Å²) in [4.78, 5) is 14.5. The molecule has 1 saturated heterocycles. The Bertz CT molecular complexity index is 715. The van der Waals surface area contributed by atoms with E-state index in [1.165, 1.54) is 5.56 Å². The summed E-state index contributed by atoms with van der Waals surface area (Å²) in [5.41, 5.74) is 2.71. The fourth-order valence-electron chi connectivity index (χ4n) is 2.65. The largest absolute Gasteiger partial charge is 0.370 e. The van der Waals surface area contributed by atoms with Crippen molar-refractivity contribution in [1.29, 1.82) is 0 Å². The van der Waals surface area contributed by atoms with Gasteiger partial charge >= 0.3 is 0 Å². The Labute approximate surface area is 145 Å². The minimum Gasteiger partial charge on any atom is -0.370 e. The number of aryl methyl sites for hydroxylation is 1. The van der Waals surface area contributed by atoms with Crippen LogP contribution in [0.25, 0.3) is 0 Å². The van der Waals surface area contributed by atoms with E-state index < -0.39 is 0 Å². The van der Waals surface area contributed by atoms with Crippen LogP contribution < -0.4 is 0 Å². The molecule has 0 bridgehead atoms. The Morgan fingerprint density at radius 1 is 1.17 bits per heavy atom. The van der Waals surface area contributed by atoms with E-state index in [-0.39, 0.29) is 12.0 Å². The second-order valence-corrected chi connectivity index (χ2v) is 6.49. The highest BCUT2D eigenvalue weighted by Gasteiger charge is 2.27. The number of hydrogen-bond acceptors (Lipinski definition) is 2. The van der Waals surface area contributed by atoms with Crippen LogP contribution in [0.5, 0.6) is 0 Å². The zero-order chi connectivity index (χ0) is 16.4. The molecule has 1 heterocycles. The minimum atomic E-state index is -0.119. The lowest BCUT2D eigenvalue weighted by molar-refractivity contribution is -0.0228. The van der Waals surface area contributed by atoms with Crippen molar-refractivity contribution in [3.8, 4) is 0 Å². The van der Waals surface area contributed by atoms with E-state index in [2.05, 4.69) is 0 Å². The van der Waals surface area contributed by atoms with Crippen LogP contribution in [0.2, 0.25) is 10.0 Å². The molecule has 2 aromatic rings. The van der Waals surface area contributed by atoms with Crippen molar-refractivity contribution in [3.05, 3.63) is 69.2 Å². The Hall–Kier alpha value is -1.55. The molecule has 1 amide bonds. The lowest BCUT2D eigenvalue weighted by Gasteiger charge is -2.33. The van der Waals surface area contributed by atoms with Crippen LogP contribution in [0.15, 0.2) is 42.5 Å². The zero-order valence-electron chi connectivity index (χ0n) is 12.8. The number of hydrogen-bond donors (Lipinski definition) is 0. The van der Waals surface area contributed by atoms with Crippen molar-refractivity contribution < 1.29 is 9.53 Å². The molecule has 5 heteroatoms. The molecule has 0 aliphatic carbocycles. The minimum absolute atomic E-state index is 0.113. The fraction of sp³-hybridized carbons (Fsp3) is 0.278. The topological polar surface area (TPSA) is 29.5 Å². The van der Waals surface area contributed by atoms with Gasteiger partial charge in [0.25, 0.3) is 5.91 Å². The fourth-order valence-corrected chi connectivity index (χ4v) is 3.02. The number of benzene rings is 2. The molecule has 0 N–H and O–H groups in total. The number of carbonyl (C=O) groups excluding carboxylic acids is 1. The van der Waals surface area contributed by atoms with E-state index in [9.17, 15) is 4.79 Å². The first-order chi connectivity index (χ1) is 11.0. The molecular formula is C18H17Cl2NO2. The molecule has 0 saturated carbocycles. The Morgan fingerprint density at radius 3 is 2.65 bits per heavy atom. The van der Waals surface area contributed by atoms with Crippen LogP contribution in [-0.4, -0.2) is 30.5 Å². The van der Waals surface area contributed by atoms with Gasteiger partial charge in [-0.2, -0.15) is 0 Å². The Kier molecular flexibility index (Phi) is 4.90. The number of carbonyl (C=O) groups is 1. The van der Waals surface area contributed by atoms with Gasteiger partial charge < -0.3 is 9.64 Å². The van der Waals surface area contributed by atoms with E-state index in [4.69, 9.17) is 27.9 Å². The van der Waals surface area contributed by atoms with E-state index in [0.717, 1.165) is 5.56 Å². The molecule has 2 aromatic carbocycles. The molecule has 0 spiro atoms. The SMILES string of the molecule is Cc1ccc(C2CN(C(=O)c3cc(Cl)ccc3Cl)CCO2)cc1. The predicted molar refractivity (Wildman–Crippen MR) is 92.2 cm³/mol. The predicted octanol–water partition coefficient (Wildman–Crippen LogP) is 4.52. The first kappa shape index (κ1) is 16.3. The zero-order valence-corrected chi connectivity index (χ0v) is 14.3. The van der Waals surface area contributed by atoms with E-state index in [1.54, 1.807) is 23.1 Å². The van der Waals surface area contributed by atoms with Crippen LogP contribution in [0.3, 0.4) is 0 Å². The van der Waals surface area contributed by atoms with Crippen LogP contribution in [0.4, 0.5) is 0 Å². The maximum Gasteiger partial charge on any atom is 0.255 e. The second kappa shape index (κ2) is 6.91. The number of halogens is 2. The average molecular weight is 350 g/mol. The molecule has 1 unspecified atom stereocenters. The van der Waals surface area contributed by atoms with Gasteiger partial charge in [0.05, 0.1) is 23.7 Å². The second-order valence-electron chi connectivity index (χ2n) is 5.65. The van der Waals surface area contributed by atoms with Gasteiger partial charge in [0, 0.05) is 11.6 Å². The third-order valence-corrected chi connectivity index (χ3v) is 4.53. The highest BCUT2D eigenvalue weighted by molar-refractivity contribution is 6.35. The van der Waals surface area contributed by atoms with Crippen LogP contribution in [0.1, 0.15) is 27.6 Å². The molecule has 1 aliphatic heterocycles. The van der Waals surface area contributed by atoms with Crippen LogP contribution in [0, 0.1) is 6.92 Å². The first-order valence-corrected chi connectivity index (χ1v) is 8.22. The number of nitrogens with zero attached hydrogens (tertiary/aromatic N) is 1. The van der Waals surface area contributed by atoms with Crippen LogP contribution in [-0.2, 0) is 4.74 Å². The van der Waals surface area contributed by atoms with E-state index >= 15 is 0 Å². The molecule has 1 aliphatic rings. The number of rotatable bonds is 2. The quantitative estimate of drug-likeness (QED) is 0.797. The first-order valence-electron chi connectivity index (χ1n) is 7.47. The normalized spacial score (nSPS) is 18.0. The third-order valence-electron chi connectivity index (χ3n) is 3.96. The van der Waals surface area contributed by atoms with Gasteiger partial charge in [-0.1, -0.05) is 53.0 Å². The van der Waals surface area contributed by atoms with Crippen molar-refractivity contribution in [1.82, 2.24) is 4.90 Å². The summed E-state index contributed by atoms with van der Waals surface area (Å²) in [6.07, 6.45) is -0.119. The molecule has 0 aromatic heterocycles. The highest BCUT2D eigenvalue weighted by atomic mass is 35.5. The molecule has 0 radical (unpaired) electrons. The van der Waals surface area contributed by atoms with Gasteiger partial charge in [0.15, 0.2) is 0 Å². The van der Waals surface area contributed by atoms with E-state index in [1.807, 2.05) is 31.2 Å². The monoisotopic (exact) mass is 349 g/mol. The van der Waals surface area contributed by atoms with Crippen molar-refractivity contribution in [2.45, 2.75) is 13.0 Å². The van der Waals surface area contributed by atoms with Gasteiger partial charge in [-0.15, -0.1) is 0 Å². The maximum atomic E-state index is 12.7.